The maximum absolute atomic E-state index is 12.1. The molecule has 0 aliphatic heterocycles. The van der Waals surface area contributed by atoms with E-state index in [1.165, 1.54) is 19.3 Å². The molecule has 4 heteroatoms. The van der Waals surface area contributed by atoms with E-state index in [4.69, 9.17) is 15.2 Å². The summed E-state index contributed by atoms with van der Waals surface area (Å²) < 4.78 is 10.6. The first kappa shape index (κ1) is 16.6. The largest absolute Gasteiger partial charge is 0.497 e. The maximum Gasteiger partial charge on any atom is 0.328 e. The van der Waals surface area contributed by atoms with Crippen molar-refractivity contribution in [1.29, 1.82) is 0 Å². The zero-order valence-electron chi connectivity index (χ0n) is 13.2. The molecule has 120 valence electrons. The maximum atomic E-state index is 12.1. The Labute approximate surface area is 132 Å². The Balaban J connectivity index is 1.87. The quantitative estimate of drug-likeness (QED) is 0.847. The molecule has 1 atom stereocenters. The molecule has 0 saturated heterocycles. The molecule has 1 aliphatic rings. The van der Waals surface area contributed by atoms with E-state index in [0.29, 0.717) is 6.42 Å². The number of rotatable bonds is 5. The highest BCUT2D eigenvalue weighted by Crippen LogP contribution is 2.19. The molecule has 0 spiro atoms. The van der Waals surface area contributed by atoms with Gasteiger partial charge in [-0.05, 0) is 49.5 Å². The van der Waals surface area contributed by atoms with Crippen LogP contribution in [0.25, 0.3) is 0 Å². The molecule has 1 aromatic rings. The van der Waals surface area contributed by atoms with Crippen LogP contribution in [0.4, 0.5) is 0 Å². The fraction of sp³-hybridized carbons (Fsp3) is 0.500. The summed E-state index contributed by atoms with van der Waals surface area (Å²) in [6, 6.07) is 6.93. The zero-order valence-corrected chi connectivity index (χ0v) is 13.2. The van der Waals surface area contributed by atoms with E-state index in [9.17, 15) is 4.79 Å². The van der Waals surface area contributed by atoms with Crippen LogP contribution in [0.2, 0.25) is 0 Å². The molecule has 1 aliphatic carbocycles. The van der Waals surface area contributed by atoms with Gasteiger partial charge in [-0.25, -0.2) is 4.79 Å². The van der Waals surface area contributed by atoms with E-state index in [0.717, 1.165) is 36.3 Å². The van der Waals surface area contributed by atoms with Crippen molar-refractivity contribution >= 4 is 5.97 Å². The van der Waals surface area contributed by atoms with Crippen LogP contribution < -0.4 is 10.5 Å². The molecule has 0 fully saturated rings. The van der Waals surface area contributed by atoms with E-state index in [-0.39, 0.29) is 5.97 Å². The molecular weight excluding hydrogens is 278 g/mol. The lowest BCUT2D eigenvalue weighted by atomic mass is 10.0. The lowest BCUT2D eigenvalue weighted by Crippen LogP contribution is -2.34. The minimum atomic E-state index is -0.639. The Kier molecular flexibility index (Phi) is 6.46. The topological polar surface area (TPSA) is 61.5 Å². The lowest BCUT2D eigenvalue weighted by molar-refractivity contribution is -0.141. The average molecular weight is 303 g/mol. The average Bonchev–Trinajstić information content (AvgIpc) is 2.50. The van der Waals surface area contributed by atoms with Gasteiger partial charge in [0.1, 0.15) is 17.6 Å². The first-order chi connectivity index (χ1) is 10.7. The Morgan fingerprint density at radius 3 is 2.64 bits per heavy atom. The molecule has 4 nitrogen and oxygen atoms in total. The Morgan fingerprint density at radius 1 is 1.18 bits per heavy atom. The number of allylic oxidation sites excluding steroid dienone is 2. The highest BCUT2D eigenvalue weighted by molar-refractivity contribution is 5.76. The third-order valence-corrected chi connectivity index (χ3v) is 3.90. The van der Waals surface area contributed by atoms with Gasteiger partial charge in [0.2, 0.25) is 0 Å². The van der Waals surface area contributed by atoms with Crippen molar-refractivity contribution in [2.45, 2.75) is 51.0 Å². The summed E-state index contributed by atoms with van der Waals surface area (Å²) in [4.78, 5) is 12.1. The molecule has 2 rings (SSSR count). The molecule has 0 aromatic heterocycles. The predicted octanol–water partition coefficient (Wildman–Crippen LogP) is 3.35. The van der Waals surface area contributed by atoms with E-state index in [2.05, 4.69) is 0 Å². The molecule has 0 heterocycles. The third kappa shape index (κ3) is 5.19. The fourth-order valence-corrected chi connectivity index (χ4v) is 2.56. The normalized spacial score (nSPS) is 19.3. The van der Waals surface area contributed by atoms with Crippen molar-refractivity contribution < 1.29 is 14.3 Å². The van der Waals surface area contributed by atoms with Gasteiger partial charge in [0.15, 0.2) is 0 Å². The van der Waals surface area contributed by atoms with E-state index in [1.807, 2.05) is 30.3 Å². The van der Waals surface area contributed by atoms with Crippen LogP contribution >= 0.6 is 0 Å². The molecule has 2 N–H and O–H groups in total. The van der Waals surface area contributed by atoms with Gasteiger partial charge in [-0.1, -0.05) is 25.0 Å². The van der Waals surface area contributed by atoms with Gasteiger partial charge in [-0.3, -0.25) is 0 Å². The number of carbonyl (C=O) groups excluding carboxylic acids is 1. The Morgan fingerprint density at radius 2 is 1.91 bits per heavy atom. The first-order valence-corrected chi connectivity index (χ1v) is 7.98. The molecular formula is C18H25NO3. The summed E-state index contributed by atoms with van der Waals surface area (Å²) >= 11 is 0. The van der Waals surface area contributed by atoms with Crippen LogP contribution in [-0.2, 0) is 16.0 Å². The summed E-state index contributed by atoms with van der Waals surface area (Å²) in [5.41, 5.74) is 6.97. The second-order valence-corrected chi connectivity index (χ2v) is 5.70. The molecule has 0 unspecified atom stereocenters. The second kappa shape index (κ2) is 8.59. The van der Waals surface area contributed by atoms with Gasteiger partial charge < -0.3 is 15.2 Å². The van der Waals surface area contributed by atoms with Crippen molar-refractivity contribution in [3.63, 3.8) is 0 Å². The number of methoxy groups -OCH3 is 1. The van der Waals surface area contributed by atoms with Gasteiger partial charge in [0, 0.05) is 6.42 Å². The molecule has 22 heavy (non-hydrogen) atoms. The smallest absolute Gasteiger partial charge is 0.328 e. The molecule has 0 saturated carbocycles. The van der Waals surface area contributed by atoms with Gasteiger partial charge >= 0.3 is 5.97 Å². The number of esters is 1. The van der Waals surface area contributed by atoms with Crippen molar-refractivity contribution in [2.24, 2.45) is 5.73 Å². The number of nitrogens with two attached hydrogens (primary N) is 1. The van der Waals surface area contributed by atoms with Gasteiger partial charge in [-0.2, -0.15) is 0 Å². The van der Waals surface area contributed by atoms with Crippen LogP contribution in [0, 0.1) is 0 Å². The number of hydrogen-bond acceptors (Lipinski definition) is 4. The number of benzene rings is 1. The summed E-state index contributed by atoms with van der Waals surface area (Å²) in [6.07, 6.45) is 9.03. The summed E-state index contributed by atoms with van der Waals surface area (Å²) in [5.74, 6) is 1.23. The Bertz CT molecular complexity index is 508. The number of ether oxygens (including phenoxy) is 2. The highest BCUT2D eigenvalue weighted by Gasteiger charge is 2.18. The third-order valence-electron chi connectivity index (χ3n) is 3.90. The van der Waals surface area contributed by atoms with Crippen molar-refractivity contribution in [2.75, 3.05) is 7.11 Å². The predicted molar refractivity (Wildman–Crippen MR) is 86.6 cm³/mol. The minimum Gasteiger partial charge on any atom is -0.497 e. The molecule has 1 aromatic carbocycles. The van der Waals surface area contributed by atoms with Crippen molar-refractivity contribution in [1.82, 2.24) is 0 Å². The van der Waals surface area contributed by atoms with Gasteiger partial charge in [0.05, 0.1) is 7.11 Å². The lowest BCUT2D eigenvalue weighted by Gasteiger charge is -2.15. The fourth-order valence-electron chi connectivity index (χ4n) is 2.56. The van der Waals surface area contributed by atoms with Crippen molar-refractivity contribution in [3.8, 4) is 5.75 Å². The molecule has 0 bridgehead atoms. The highest BCUT2D eigenvalue weighted by atomic mass is 16.5. The van der Waals surface area contributed by atoms with E-state index >= 15 is 0 Å². The standard InChI is InChI=1S/C18H25NO3/c1-21-15-11-9-14(10-12-15)13-17(19)18(20)22-16-7-5-3-2-4-6-8-16/h7,9-12,17H,2-6,8,13,19H2,1H3/b16-7+/t17-/m0/s1. The Hall–Kier alpha value is -1.81. The zero-order chi connectivity index (χ0) is 15.8. The molecule has 0 amide bonds. The van der Waals surface area contributed by atoms with E-state index < -0.39 is 6.04 Å². The van der Waals surface area contributed by atoms with Gasteiger partial charge in [0.25, 0.3) is 0 Å². The SMILES string of the molecule is COc1ccc(C[C@H](N)C(=O)O/C2=C/CCCCCC2)cc1. The van der Waals surface area contributed by atoms with Crippen LogP contribution in [-0.4, -0.2) is 19.1 Å². The van der Waals surface area contributed by atoms with Gasteiger partial charge in [-0.15, -0.1) is 0 Å². The van der Waals surface area contributed by atoms with Crippen molar-refractivity contribution in [3.05, 3.63) is 41.7 Å². The van der Waals surface area contributed by atoms with E-state index in [1.54, 1.807) is 7.11 Å². The summed E-state index contributed by atoms with van der Waals surface area (Å²) in [7, 11) is 1.63. The number of carbonyl (C=O) groups is 1. The van der Waals surface area contributed by atoms with Crippen LogP contribution in [0.15, 0.2) is 36.1 Å². The molecule has 0 radical (unpaired) electrons. The number of hydrogen-bond donors (Lipinski definition) is 1. The van der Waals surface area contributed by atoms with Crippen LogP contribution in [0.5, 0.6) is 5.75 Å². The minimum absolute atomic E-state index is 0.345. The van der Waals surface area contributed by atoms with Crippen LogP contribution in [0.1, 0.15) is 44.1 Å². The summed E-state index contributed by atoms with van der Waals surface area (Å²) in [5, 5.41) is 0. The monoisotopic (exact) mass is 303 g/mol. The van der Waals surface area contributed by atoms with Crippen LogP contribution in [0.3, 0.4) is 0 Å². The first-order valence-electron chi connectivity index (χ1n) is 7.98. The summed E-state index contributed by atoms with van der Waals surface area (Å²) in [6.45, 7) is 0. The second-order valence-electron chi connectivity index (χ2n) is 5.70.